The van der Waals surface area contributed by atoms with Crippen LogP contribution in [0.4, 0.5) is 11.5 Å². The summed E-state index contributed by atoms with van der Waals surface area (Å²) in [6.07, 6.45) is 1.22. The van der Waals surface area contributed by atoms with E-state index >= 15 is 0 Å². The molecule has 7 nitrogen and oxygen atoms in total. The number of aryl methyl sites for hydroxylation is 1. The van der Waals surface area contributed by atoms with E-state index < -0.39 is 4.92 Å². The molecule has 0 aliphatic carbocycles. The van der Waals surface area contributed by atoms with E-state index in [9.17, 15) is 14.9 Å². The van der Waals surface area contributed by atoms with Crippen molar-refractivity contribution in [2.24, 2.45) is 0 Å². The van der Waals surface area contributed by atoms with E-state index in [0.717, 1.165) is 0 Å². The standard InChI is InChI=1S/C12H12N4O3/c1-8-5-12(17)15(7-10(8)16(18)19)6-9-3-2-4-11(13)14-9/h2-5,7H,6H2,1H3,(H2,13,14). The smallest absolute Gasteiger partial charge is 0.288 e. The molecule has 2 aromatic rings. The fourth-order valence-corrected chi connectivity index (χ4v) is 1.73. The number of pyridine rings is 2. The number of nitrogens with zero attached hydrogens (tertiary/aromatic N) is 3. The van der Waals surface area contributed by atoms with E-state index in [0.29, 0.717) is 17.1 Å². The zero-order chi connectivity index (χ0) is 14.0. The Balaban J connectivity index is 2.43. The van der Waals surface area contributed by atoms with Crippen LogP contribution >= 0.6 is 0 Å². The van der Waals surface area contributed by atoms with Gasteiger partial charge in [-0.05, 0) is 19.1 Å². The molecule has 0 unspecified atom stereocenters. The van der Waals surface area contributed by atoms with Crippen molar-refractivity contribution in [2.45, 2.75) is 13.5 Å². The molecule has 2 aromatic heterocycles. The van der Waals surface area contributed by atoms with Crippen LogP contribution in [-0.4, -0.2) is 14.5 Å². The summed E-state index contributed by atoms with van der Waals surface area (Å²) < 4.78 is 1.24. The first-order valence-electron chi connectivity index (χ1n) is 5.54. The van der Waals surface area contributed by atoms with Gasteiger partial charge in [-0.15, -0.1) is 0 Å². The van der Waals surface area contributed by atoms with Crippen LogP contribution in [0.1, 0.15) is 11.3 Å². The second-order valence-corrected chi connectivity index (χ2v) is 4.12. The summed E-state index contributed by atoms with van der Waals surface area (Å²) in [5.74, 6) is 0.340. The van der Waals surface area contributed by atoms with E-state index in [1.165, 1.54) is 23.8 Å². The molecule has 2 heterocycles. The van der Waals surface area contributed by atoms with E-state index in [1.54, 1.807) is 18.2 Å². The number of hydrogen-bond donors (Lipinski definition) is 1. The molecule has 0 amide bonds. The van der Waals surface area contributed by atoms with Gasteiger partial charge in [0.05, 0.1) is 23.4 Å². The molecule has 0 aromatic carbocycles. The summed E-state index contributed by atoms with van der Waals surface area (Å²) in [5, 5.41) is 10.8. The monoisotopic (exact) mass is 260 g/mol. The maximum absolute atomic E-state index is 11.8. The first-order chi connectivity index (χ1) is 8.97. The lowest BCUT2D eigenvalue weighted by molar-refractivity contribution is -0.385. The van der Waals surface area contributed by atoms with E-state index in [2.05, 4.69) is 4.98 Å². The Morgan fingerprint density at radius 1 is 1.47 bits per heavy atom. The molecule has 0 fully saturated rings. The van der Waals surface area contributed by atoms with Crippen molar-refractivity contribution < 1.29 is 4.92 Å². The number of rotatable bonds is 3. The molecule has 0 spiro atoms. The molecule has 0 saturated carbocycles. The highest BCUT2D eigenvalue weighted by Gasteiger charge is 2.13. The Morgan fingerprint density at radius 3 is 2.84 bits per heavy atom. The van der Waals surface area contributed by atoms with Crippen LogP contribution in [0.25, 0.3) is 0 Å². The first kappa shape index (κ1) is 12.7. The van der Waals surface area contributed by atoms with Crippen LogP contribution in [0.15, 0.2) is 35.3 Å². The van der Waals surface area contributed by atoms with Crippen LogP contribution in [0.3, 0.4) is 0 Å². The lowest BCUT2D eigenvalue weighted by Gasteiger charge is -2.06. The average molecular weight is 260 g/mol. The number of hydrogen-bond acceptors (Lipinski definition) is 5. The second-order valence-electron chi connectivity index (χ2n) is 4.12. The maximum Gasteiger partial charge on any atom is 0.288 e. The lowest BCUT2D eigenvalue weighted by Crippen LogP contribution is -2.21. The van der Waals surface area contributed by atoms with Crippen molar-refractivity contribution in [3.63, 3.8) is 0 Å². The zero-order valence-electron chi connectivity index (χ0n) is 10.2. The van der Waals surface area contributed by atoms with Crippen LogP contribution in [0.5, 0.6) is 0 Å². The number of anilines is 1. The van der Waals surface area contributed by atoms with Gasteiger partial charge in [-0.3, -0.25) is 14.9 Å². The third-order valence-corrected chi connectivity index (χ3v) is 2.66. The van der Waals surface area contributed by atoms with Gasteiger partial charge in [-0.2, -0.15) is 0 Å². The van der Waals surface area contributed by atoms with Gasteiger partial charge >= 0.3 is 0 Å². The highest BCUT2D eigenvalue weighted by Crippen LogP contribution is 2.14. The minimum Gasteiger partial charge on any atom is -0.384 e. The zero-order valence-corrected chi connectivity index (χ0v) is 10.2. The van der Waals surface area contributed by atoms with Crippen LogP contribution in [0.2, 0.25) is 0 Å². The number of nitrogens with two attached hydrogens (primary N) is 1. The third kappa shape index (κ3) is 2.76. The Kier molecular flexibility index (Phi) is 3.28. The summed E-state index contributed by atoms with van der Waals surface area (Å²) in [5.41, 5.74) is 6.05. The molecule has 2 N–H and O–H groups in total. The minimum atomic E-state index is -0.516. The van der Waals surface area contributed by atoms with Crippen molar-refractivity contribution in [3.05, 3.63) is 62.2 Å². The molecule has 2 rings (SSSR count). The van der Waals surface area contributed by atoms with Crippen molar-refractivity contribution in [2.75, 3.05) is 5.73 Å². The molecule has 0 aliphatic heterocycles. The van der Waals surface area contributed by atoms with Crippen LogP contribution in [0, 0.1) is 17.0 Å². The van der Waals surface area contributed by atoms with Crippen molar-refractivity contribution >= 4 is 11.5 Å². The van der Waals surface area contributed by atoms with Crippen molar-refractivity contribution in [1.82, 2.24) is 9.55 Å². The van der Waals surface area contributed by atoms with Gasteiger partial charge < -0.3 is 10.3 Å². The predicted molar refractivity (Wildman–Crippen MR) is 69.8 cm³/mol. The summed E-state index contributed by atoms with van der Waals surface area (Å²) in [4.78, 5) is 26.2. The molecular weight excluding hydrogens is 248 g/mol. The predicted octanol–water partition coefficient (Wildman–Crippen LogP) is 1.09. The Bertz CT molecular complexity index is 694. The summed E-state index contributed by atoms with van der Waals surface area (Å²) in [6.45, 7) is 1.67. The van der Waals surface area contributed by atoms with Gasteiger partial charge in [0.1, 0.15) is 5.82 Å². The molecule has 0 radical (unpaired) electrons. The quantitative estimate of drug-likeness (QED) is 0.657. The topological polar surface area (TPSA) is 104 Å². The molecule has 0 saturated heterocycles. The molecule has 0 aliphatic rings. The first-order valence-corrected chi connectivity index (χ1v) is 5.54. The highest BCUT2D eigenvalue weighted by molar-refractivity contribution is 5.36. The Morgan fingerprint density at radius 2 is 2.21 bits per heavy atom. The van der Waals surface area contributed by atoms with Gasteiger partial charge in [-0.1, -0.05) is 6.07 Å². The lowest BCUT2D eigenvalue weighted by atomic mass is 10.2. The van der Waals surface area contributed by atoms with Gasteiger partial charge in [0.25, 0.3) is 11.2 Å². The van der Waals surface area contributed by atoms with E-state index in [1.807, 2.05) is 0 Å². The molecule has 0 bridgehead atoms. The Labute approximate surface area is 108 Å². The van der Waals surface area contributed by atoms with Crippen molar-refractivity contribution in [1.29, 1.82) is 0 Å². The van der Waals surface area contributed by atoms with E-state index in [4.69, 9.17) is 5.73 Å². The van der Waals surface area contributed by atoms with E-state index in [-0.39, 0.29) is 17.8 Å². The fraction of sp³-hybridized carbons (Fsp3) is 0.167. The van der Waals surface area contributed by atoms with Crippen molar-refractivity contribution in [3.8, 4) is 0 Å². The Hall–Kier alpha value is -2.70. The highest BCUT2D eigenvalue weighted by atomic mass is 16.6. The van der Waals surface area contributed by atoms with Gasteiger partial charge in [0.15, 0.2) is 0 Å². The normalized spacial score (nSPS) is 10.4. The molecule has 0 atom stereocenters. The molecule has 7 heteroatoms. The van der Waals surface area contributed by atoms with Gasteiger partial charge in [0.2, 0.25) is 0 Å². The van der Waals surface area contributed by atoms with Crippen LogP contribution < -0.4 is 11.3 Å². The SMILES string of the molecule is Cc1cc(=O)n(Cc2cccc(N)n2)cc1[N+](=O)[O-]. The molecular formula is C12H12N4O3. The summed E-state index contributed by atoms with van der Waals surface area (Å²) in [7, 11) is 0. The fourth-order valence-electron chi connectivity index (χ4n) is 1.73. The second kappa shape index (κ2) is 4.89. The largest absolute Gasteiger partial charge is 0.384 e. The third-order valence-electron chi connectivity index (χ3n) is 2.66. The number of aromatic nitrogens is 2. The van der Waals surface area contributed by atoms with Gasteiger partial charge in [-0.25, -0.2) is 4.98 Å². The number of nitrogen functional groups attached to an aromatic ring is 1. The van der Waals surface area contributed by atoms with Gasteiger partial charge in [0, 0.05) is 11.6 Å². The number of nitro groups is 1. The molecule has 98 valence electrons. The maximum atomic E-state index is 11.8. The van der Waals surface area contributed by atoms with Crippen LogP contribution in [-0.2, 0) is 6.54 Å². The average Bonchev–Trinajstić information content (AvgIpc) is 2.32. The summed E-state index contributed by atoms with van der Waals surface area (Å²) >= 11 is 0. The summed E-state index contributed by atoms with van der Waals surface area (Å²) in [6, 6.07) is 6.29. The molecule has 19 heavy (non-hydrogen) atoms. The minimum absolute atomic E-state index is 0.0940.